The molecule has 3 aromatic rings. The molecule has 0 aliphatic heterocycles. The molecule has 31 heavy (non-hydrogen) atoms. The van der Waals surface area contributed by atoms with Crippen molar-refractivity contribution in [2.24, 2.45) is 0 Å². The van der Waals surface area contributed by atoms with Crippen molar-refractivity contribution in [3.8, 4) is 0 Å². The van der Waals surface area contributed by atoms with E-state index in [-0.39, 0.29) is 10.8 Å². The summed E-state index contributed by atoms with van der Waals surface area (Å²) in [7, 11) is -3.42. The van der Waals surface area contributed by atoms with E-state index in [1.807, 2.05) is 36.4 Å². The number of benzene rings is 2. The van der Waals surface area contributed by atoms with Gasteiger partial charge in [0.25, 0.3) is 5.91 Å². The van der Waals surface area contributed by atoms with Gasteiger partial charge in [-0.2, -0.15) is 0 Å². The van der Waals surface area contributed by atoms with Crippen LogP contribution in [0, 0.1) is 0 Å². The lowest BCUT2D eigenvalue weighted by Crippen LogP contribution is -2.38. The Hall–Kier alpha value is -2.55. The highest BCUT2D eigenvalue weighted by atomic mass is 32.2. The molecule has 0 unspecified atom stereocenters. The standard InChI is InChI=1S/C23H27N3O3S2/c1-4-25(5-2)16-17-26(21(27)15-14-18-10-7-6-8-11-18)23-24-22-19(30-23)12-9-13-20(22)31(3,28)29/h6-15H,4-5,16-17H2,1-3H3/b15-14+. The molecule has 164 valence electrons. The minimum absolute atomic E-state index is 0.184. The van der Waals surface area contributed by atoms with E-state index in [1.54, 1.807) is 29.2 Å². The van der Waals surface area contributed by atoms with Crippen molar-refractivity contribution in [3.05, 3.63) is 60.2 Å². The number of thiazole rings is 1. The van der Waals surface area contributed by atoms with E-state index in [1.165, 1.54) is 17.6 Å². The van der Waals surface area contributed by atoms with E-state index in [4.69, 9.17) is 0 Å². The summed E-state index contributed by atoms with van der Waals surface area (Å²) >= 11 is 1.33. The van der Waals surface area contributed by atoms with Crippen LogP contribution >= 0.6 is 11.3 Å². The van der Waals surface area contributed by atoms with Gasteiger partial charge in [-0.3, -0.25) is 9.69 Å². The first kappa shape index (κ1) is 23.1. The molecule has 0 spiro atoms. The highest BCUT2D eigenvalue weighted by Crippen LogP contribution is 2.32. The fourth-order valence-electron chi connectivity index (χ4n) is 3.23. The summed E-state index contributed by atoms with van der Waals surface area (Å²) in [5.74, 6) is -0.184. The fraction of sp³-hybridized carbons (Fsp3) is 0.304. The number of aromatic nitrogens is 1. The molecule has 0 aliphatic carbocycles. The van der Waals surface area contributed by atoms with Crippen molar-refractivity contribution in [2.45, 2.75) is 18.7 Å². The van der Waals surface area contributed by atoms with Gasteiger partial charge in [-0.15, -0.1) is 0 Å². The van der Waals surface area contributed by atoms with E-state index >= 15 is 0 Å². The van der Waals surface area contributed by atoms with E-state index < -0.39 is 9.84 Å². The van der Waals surface area contributed by atoms with Crippen molar-refractivity contribution < 1.29 is 13.2 Å². The van der Waals surface area contributed by atoms with E-state index in [9.17, 15) is 13.2 Å². The van der Waals surface area contributed by atoms with Crippen molar-refractivity contribution in [1.29, 1.82) is 0 Å². The zero-order chi connectivity index (χ0) is 22.4. The Morgan fingerprint density at radius 2 is 1.74 bits per heavy atom. The van der Waals surface area contributed by atoms with Gasteiger partial charge in [0.1, 0.15) is 5.52 Å². The molecule has 0 radical (unpaired) electrons. The van der Waals surface area contributed by atoms with E-state index in [0.29, 0.717) is 23.7 Å². The van der Waals surface area contributed by atoms with E-state index in [2.05, 4.69) is 23.7 Å². The molecule has 3 rings (SSSR count). The van der Waals surface area contributed by atoms with Gasteiger partial charge in [0.2, 0.25) is 0 Å². The molecule has 1 heterocycles. The number of hydrogen-bond acceptors (Lipinski definition) is 6. The Balaban J connectivity index is 1.97. The second kappa shape index (κ2) is 10.2. The number of carbonyl (C=O) groups excluding carboxylic acids is 1. The topological polar surface area (TPSA) is 70.6 Å². The molecule has 0 atom stereocenters. The zero-order valence-electron chi connectivity index (χ0n) is 18.0. The fourth-order valence-corrected chi connectivity index (χ4v) is 5.15. The molecule has 0 aliphatic rings. The maximum absolute atomic E-state index is 13.1. The van der Waals surface area contributed by atoms with Crippen LogP contribution in [0.15, 0.2) is 59.5 Å². The first-order valence-electron chi connectivity index (χ1n) is 10.2. The van der Waals surface area contributed by atoms with Crippen LogP contribution in [-0.4, -0.2) is 56.6 Å². The van der Waals surface area contributed by atoms with Gasteiger partial charge >= 0.3 is 0 Å². The Kier molecular flexibility index (Phi) is 7.59. The highest BCUT2D eigenvalue weighted by molar-refractivity contribution is 7.91. The predicted molar refractivity (Wildman–Crippen MR) is 128 cm³/mol. The Bertz CT molecular complexity index is 1170. The lowest BCUT2D eigenvalue weighted by Gasteiger charge is -2.23. The van der Waals surface area contributed by atoms with Crippen molar-refractivity contribution in [1.82, 2.24) is 9.88 Å². The number of hydrogen-bond donors (Lipinski definition) is 0. The average molecular weight is 458 g/mol. The number of nitrogens with zero attached hydrogens (tertiary/aromatic N) is 3. The second-order valence-electron chi connectivity index (χ2n) is 7.13. The van der Waals surface area contributed by atoms with Gasteiger partial charge in [-0.1, -0.05) is 61.6 Å². The minimum Gasteiger partial charge on any atom is -0.302 e. The van der Waals surface area contributed by atoms with Gasteiger partial charge in [-0.05, 0) is 36.9 Å². The van der Waals surface area contributed by atoms with Crippen LogP contribution in [0.3, 0.4) is 0 Å². The third kappa shape index (κ3) is 5.78. The molecule has 0 bridgehead atoms. The van der Waals surface area contributed by atoms with E-state index in [0.717, 1.165) is 23.4 Å². The number of sulfone groups is 1. The highest BCUT2D eigenvalue weighted by Gasteiger charge is 2.21. The molecule has 1 aromatic heterocycles. The first-order chi connectivity index (χ1) is 14.8. The molecule has 1 amide bonds. The number of para-hydroxylation sites is 1. The summed E-state index contributed by atoms with van der Waals surface area (Å²) < 4.78 is 25.1. The zero-order valence-corrected chi connectivity index (χ0v) is 19.6. The Labute approximate surface area is 187 Å². The SMILES string of the molecule is CCN(CC)CCN(C(=O)/C=C/c1ccccc1)c1nc2c(S(C)(=O)=O)cccc2s1. The van der Waals surface area contributed by atoms with Gasteiger partial charge in [0, 0.05) is 25.4 Å². The third-order valence-corrected chi connectivity index (χ3v) is 7.19. The minimum atomic E-state index is -3.42. The maximum Gasteiger partial charge on any atom is 0.252 e. The molecule has 0 saturated carbocycles. The van der Waals surface area contributed by atoms with Crippen LogP contribution in [0.4, 0.5) is 5.13 Å². The van der Waals surface area contributed by atoms with Crippen LogP contribution in [-0.2, 0) is 14.6 Å². The molecule has 6 nitrogen and oxygen atoms in total. The van der Waals surface area contributed by atoms with Crippen molar-refractivity contribution in [2.75, 3.05) is 37.3 Å². The summed E-state index contributed by atoms with van der Waals surface area (Å²) in [5.41, 5.74) is 1.35. The van der Waals surface area contributed by atoms with Crippen LogP contribution < -0.4 is 4.90 Å². The van der Waals surface area contributed by atoms with Gasteiger partial charge in [-0.25, -0.2) is 13.4 Å². The van der Waals surface area contributed by atoms with Crippen LogP contribution in [0.25, 0.3) is 16.3 Å². The number of fused-ring (bicyclic) bond motifs is 1. The molecule has 0 saturated heterocycles. The van der Waals surface area contributed by atoms with Crippen molar-refractivity contribution >= 4 is 48.5 Å². The monoisotopic (exact) mass is 457 g/mol. The lowest BCUT2D eigenvalue weighted by molar-refractivity contribution is -0.114. The average Bonchev–Trinajstić information content (AvgIpc) is 3.19. The first-order valence-corrected chi connectivity index (χ1v) is 12.9. The van der Waals surface area contributed by atoms with Gasteiger partial charge in [0.05, 0.1) is 9.60 Å². The second-order valence-corrected chi connectivity index (χ2v) is 10.1. The van der Waals surface area contributed by atoms with Crippen LogP contribution in [0.1, 0.15) is 19.4 Å². The van der Waals surface area contributed by atoms with Crippen LogP contribution in [0.2, 0.25) is 0 Å². The smallest absolute Gasteiger partial charge is 0.252 e. The molecule has 8 heteroatoms. The molecular formula is C23H27N3O3S2. The Morgan fingerprint density at radius 1 is 1.03 bits per heavy atom. The predicted octanol–water partition coefficient (Wildman–Crippen LogP) is 4.09. The van der Waals surface area contributed by atoms with Crippen molar-refractivity contribution in [3.63, 3.8) is 0 Å². The molecule has 0 fully saturated rings. The number of anilines is 1. The molecular weight excluding hydrogens is 430 g/mol. The summed E-state index contributed by atoms with van der Waals surface area (Å²) in [4.78, 5) is 21.8. The molecule has 0 N–H and O–H groups in total. The lowest BCUT2D eigenvalue weighted by atomic mass is 10.2. The largest absolute Gasteiger partial charge is 0.302 e. The number of carbonyl (C=O) groups is 1. The maximum atomic E-state index is 13.1. The number of rotatable bonds is 9. The molecule has 2 aromatic carbocycles. The summed E-state index contributed by atoms with van der Waals surface area (Å²) in [6, 6.07) is 14.7. The summed E-state index contributed by atoms with van der Waals surface area (Å²) in [6.07, 6.45) is 4.50. The number of amides is 1. The quantitative estimate of drug-likeness (QED) is 0.453. The van der Waals surface area contributed by atoms with Crippen LogP contribution in [0.5, 0.6) is 0 Å². The Morgan fingerprint density at radius 3 is 2.39 bits per heavy atom. The third-order valence-electron chi connectivity index (χ3n) is 5.02. The van der Waals surface area contributed by atoms with Gasteiger partial charge < -0.3 is 4.90 Å². The number of likely N-dealkylation sites (N-methyl/N-ethyl adjacent to an activating group) is 1. The summed E-state index contributed by atoms with van der Waals surface area (Å²) in [5, 5.41) is 0.501. The normalized spacial score (nSPS) is 12.1. The van der Waals surface area contributed by atoms with Gasteiger partial charge in [0.15, 0.2) is 15.0 Å². The summed E-state index contributed by atoms with van der Waals surface area (Å²) in [6.45, 7) is 7.11.